The van der Waals surface area contributed by atoms with Gasteiger partial charge in [-0.15, -0.1) is 0 Å². The molecule has 2 rings (SSSR count). The van der Waals surface area contributed by atoms with Crippen LogP contribution < -0.4 is 5.32 Å². The highest BCUT2D eigenvalue weighted by molar-refractivity contribution is 6.31. The summed E-state index contributed by atoms with van der Waals surface area (Å²) in [6.45, 7) is 1.97. The third kappa shape index (κ3) is 3.35. The predicted molar refractivity (Wildman–Crippen MR) is 78.1 cm³/mol. The van der Waals surface area contributed by atoms with E-state index in [1.807, 2.05) is 32.2 Å². The average molecular weight is 296 g/mol. The van der Waals surface area contributed by atoms with E-state index >= 15 is 0 Å². The van der Waals surface area contributed by atoms with Crippen LogP contribution in [-0.4, -0.2) is 7.05 Å². The first-order valence-electron chi connectivity index (χ1n) is 6.38. The summed E-state index contributed by atoms with van der Waals surface area (Å²) < 4.78 is 26.2. The molecule has 0 aliphatic heterocycles. The molecule has 1 atom stereocenters. The molecule has 1 N–H and O–H groups in total. The molecule has 0 radical (unpaired) electrons. The molecule has 0 spiro atoms. The summed E-state index contributed by atoms with van der Waals surface area (Å²) in [5.74, 6) is -1.66. The van der Waals surface area contributed by atoms with E-state index in [0.29, 0.717) is 11.4 Å². The molecule has 0 saturated carbocycles. The predicted octanol–water partition coefficient (Wildman–Crippen LogP) is 4.43. The van der Waals surface area contributed by atoms with Crippen LogP contribution in [0.1, 0.15) is 22.7 Å². The maximum atomic E-state index is 13.2. The fourth-order valence-corrected chi connectivity index (χ4v) is 2.55. The van der Waals surface area contributed by atoms with Crippen molar-refractivity contribution in [2.45, 2.75) is 19.4 Å². The van der Waals surface area contributed by atoms with Crippen LogP contribution >= 0.6 is 11.6 Å². The molecule has 0 amide bonds. The van der Waals surface area contributed by atoms with Gasteiger partial charge in [-0.2, -0.15) is 0 Å². The minimum Gasteiger partial charge on any atom is -0.313 e. The first-order chi connectivity index (χ1) is 9.51. The summed E-state index contributed by atoms with van der Waals surface area (Å²) in [4.78, 5) is 0. The van der Waals surface area contributed by atoms with Crippen molar-refractivity contribution in [3.05, 3.63) is 69.7 Å². The number of hydrogen-bond acceptors (Lipinski definition) is 1. The van der Waals surface area contributed by atoms with Crippen LogP contribution in [0.15, 0.2) is 36.4 Å². The Kier molecular flexibility index (Phi) is 4.73. The molecule has 2 aromatic rings. The number of hydrogen-bond donors (Lipinski definition) is 1. The third-order valence-electron chi connectivity index (χ3n) is 3.30. The molecule has 2 aromatic carbocycles. The lowest BCUT2D eigenvalue weighted by Gasteiger charge is -2.18. The highest BCUT2D eigenvalue weighted by Crippen LogP contribution is 2.27. The standard InChI is InChI=1S/C16H16ClF2N/c1-10-3-5-12(13(17)7-10)16(20-2)9-11-4-6-14(18)15(19)8-11/h3-8,16,20H,9H2,1-2H3. The van der Waals surface area contributed by atoms with Crippen LogP contribution in [-0.2, 0) is 6.42 Å². The molecule has 0 heterocycles. The lowest BCUT2D eigenvalue weighted by atomic mass is 9.98. The van der Waals surface area contributed by atoms with Crippen LogP contribution in [0.4, 0.5) is 8.78 Å². The maximum absolute atomic E-state index is 13.2. The first kappa shape index (κ1) is 14.9. The molecule has 0 aromatic heterocycles. The van der Waals surface area contributed by atoms with E-state index < -0.39 is 11.6 Å². The average Bonchev–Trinajstić information content (AvgIpc) is 2.41. The molecule has 106 valence electrons. The van der Waals surface area contributed by atoms with Crippen LogP contribution in [0.2, 0.25) is 5.02 Å². The number of rotatable bonds is 4. The molecular formula is C16H16ClF2N. The van der Waals surface area contributed by atoms with Crippen LogP contribution in [0.25, 0.3) is 0 Å². The largest absolute Gasteiger partial charge is 0.313 e. The quantitative estimate of drug-likeness (QED) is 0.880. The normalized spacial score (nSPS) is 12.4. The minimum absolute atomic E-state index is 0.0482. The van der Waals surface area contributed by atoms with Crippen molar-refractivity contribution in [3.8, 4) is 0 Å². The Morgan fingerprint density at radius 2 is 1.85 bits per heavy atom. The van der Waals surface area contributed by atoms with E-state index in [1.165, 1.54) is 6.07 Å². The SMILES string of the molecule is CNC(Cc1ccc(F)c(F)c1)c1ccc(C)cc1Cl. The van der Waals surface area contributed by atoms with Gasteiger partial charge in [-0.1, -0.05) is 29.8 Å². The monoisotopic (exact) mass is 295 g/mol. The summed E-state index contributed by atoms with van der Waals surface area (Å²) in [7, 11) is 1.82. The highest BCUT2D eigenvalue weighted by atomic mass is 35.5. The Balaban J connectivity index is 2.26. The maximum Gasteiger partial charge on any atom is 0.159 e. The second-order valence-corrected chi connectivity index (χ2v) is 5.23. The van der Waals surface area contributed by atoms with Gasteiger partial charge >= 0.3 is 0 Å². The molecular weight excluding hydrogens is 280 g/mol. The minimum atomic E-state index is -0.830. The lowest BCUT2D eigenvalue weighted by molar-refractivity contribution is 0.504. The molecule has 0 aliphatic carbocycles. The van der Waals surface area contributed by atoms with Crippen LogP contribution in [0, 0.1) is 18.6 Å². The van der Waals surface area contributed by atoms with E-state index in [1.54, 1.807) is 6.07 Å². The Labute approximate surface area is 122 Å². The highest BCUT2D eigenvalue weighted by Gasteiger charge is 2.14. The number of halogens is 3. The van der Waals surface area contributed by atoms with Crippen LogP contribution in [0.5, 0.6) is 0 Å². The van der Waals surface area contributed by atoms with Gasteiger partial charge in [-0.05, 0) is 55.3 Å². The van der Waals surface area contributed by atoms with E-state index in [2.05, 4.69) is 5.32 Å². The number of benzene rings is 2. The van der Waals surface area contributed by atoms with E-state index in [-0.39, 0.29) is 6.04 Å². The van der Waals surface area contributed by atoms with Gasteiger partial charge in [0, 0.05) is 11.1 Å². The molecule has 1 nitrogen and oxygen atoms in total. The molecule has 0 fully saturated rings. The summed E-state index contributed by atoms with van der Waals surface area (Å²) in [6.07, 6.45) is 0.538. The van der Waals surface area contributed by atoms with Crippen molar-refractivity contribution >= 4 is 11.6 Å². The topological polar surface area (TPSA) is 12.0 Å². The van der Waals surface area contributed by atoms with Gasteiger partial charge in [0.15, 0.2) is 11.6 Å². The lowest BCUT2D eigenvalue weighted by Crippen LogP contribution is -2.19. The van der Waals surface area contributed by atoms with E-state index in [0.717, 1.165) is 22.8 Å². The number of aryl methyl sites for hydroxylation is 1. The van der Waals surface area contributed by atoms with Crippen molar-refractivity contribution in [1.29, 1.82) is 0 Å². The Morgan fingerprint density at radius 3 is 2.45 bits per heavy atom. The molecule has 20 heavy (non-hydrogen) atoms. The van der Waals surface area contributed by atoms with Gasteiger partial charge in [0.25, 0.3) is 0 Å². The van der Waals surface area contributed by atoms with Crippen molar-refractivity contribution in [1.82, 2.24) is 5.32 Å². The number of likely N-dealkylation sites (N-methyl/N-ethyl adjacent to an activating group) is 1. The zero-order valence-electron chi connectivity index (χ0n) is 11.4. The molecule has 1 unspecified atom stereocenters. The summed E-state index contributed by atoms with van der Waals surface area (Å²) in [5, 5.41) is 3.83. The Hall–Kier alpha value is -1.45. The van der Waals surface area contributed by atoms with Gasteiger partial charge in [0.05, 0.1) is 0 Å². The molecule has 0 saturated heterocycles. The van der Waals surface area contributed by atoms with Crippen molar-refractivity contribution in [3.63, 3.8) is 0 Å². The second kappa shape index (κ2) is 6.33. The fourth-order valence-electron chi connectivity index (χ4n) is 2.18. The first-order valence-corrected chi connectivity index (χ1v) is 6.76. The van der Waals surface area contributed by atoms with Gasteiger partial charge in [0.1, 0.15) is 0 Å². The summed E-state index contributed by atoms with van der Waals surface area (Å²) in [5.41, 5.74) is 2.76. The van der Waals surface area contributed by atoms with Crippen molar-refractivity contribution in [2.24, 2.45) is 0 Å². The zero-order valence-corrected chi connectivity index (χ0v) is 12.1. The van der Waals surface area contributed by atoms with Crippen LogP contribution in [0.3, 0.4) is 0 Å². The fraction of sp³-hybridized carbons (Fsp3) is 0.250. The van der Waals surface area contributed by atoms with E-state index in [9.17, 15) is 8.78 Å². The number of nitrogens with one attached hydrogen (secondary N) is 1. The molecule has 4 heteroatoms. The van der Waals surface area contributed by atoms with Crippen molar-refractivity contribution in [2.75, 3.05) is 7.05 Å². The van der Waals surface area contributed by atoms with Gasteiger partial charge in [0.2, 0.25) is 0 Å². The van der Waals surface area contributed by atoms with Gasteiger partial charge in [-0.25, -0.2) is 8.78 Å². The van der Waals surface area contributed by atoms with Gasteiger partial charge in [-0.3, -0.25) is 0 Å². The van der Waals surface area contributed by atoms with Crippen molar-refractivity contribution < 1.29 is 8.78 Å². The summed E-state index contributed by atoms with van der Waals surface area (Å²) in [6, 6.07) is 9.75. The smallest absolute Gasteiger partial charge is 0.159 e. The Morgan fingerprint density at radius 1 is 1.10 bits per heavy atom. The van der Waals surface area contributed by atoms with E-state index in [4.69, 9.17) is 11.6 Å². The molecule has 0 aliphatic rings. The van der Waals surface area contributed by atoms with Gasteiger partial charge < -0.3 is 5.32 Å². The molecule has 0 bridgehead atoms. The Bertz CT molecular complexity index is 613. The third-order valence-corrected chi connectivity index (χ3v) is 3.63. The summed E-state index contributed by atoms with van der Waals surface area (Å²) >= 11 is 6.25. The second-order valence-electron chi connectivity index (χ2n) is 4.82. The zero-order chi connectivity index (χ0) is 14.7.